The molecule has 2 aromatic heterocycles. The van der Waals surface area contributed by atoms with Crippen LogP contribution >= 0.6 is 11.3 Å². The molecule has 0 N–H and O–H groups in total. The lowest BCUT2D eigenvalue weighted by molar-refractivity contribution is 0.293. The summed E-state index contributed by atoms with van der Waals surface area (Å²) in [6.07, 6.45) is 6.06. The van der Waals surface area contributed by atoms with Crippen LogP contribution in [0.1, 0.15) is 104 Å². The summed E-state index contributed by atoms with van der Waals surface area (Å²) < 4.78 is 6.11. The van der Waals surface area contributed by atoms with Crippen LogP contribution in [0.5, 0.6) is 0 Å². The van der Waals surface area contributed by atoms with Gasteiger partial charge in [0.1, 0.15) is 5.76 Å². The molecule has 0 fully saturated rings. The normalized spacial score (nSPS) is 14.1. The van der Waals surface area contributed by atoms with Crippen molar-refractivity contribution in [1.29, 1.82) is 0 Å². The van der Waals surface area contributed by atoms with Gasteiger partial charge in [0.2, 0.25) is 0 Å². The maximum Gasteiger partial charge on any atom is 0.199 e. The van der Waals surface area contributed by atoms with Gasteiger partial charge in [0, 0.05) is 27.3 Å². The Balaban J connectivity index is 2.12. The summed E-state index contributed by atoms with van der Waals surface area (Å²) in [5.74, 6) is 1.79. The van der Waals surface area contributed by atoms with E-state index in [2.05, 4.69) is 80.4 Å². The summed E-state index contributed by atoms with van der Waals surface area (Å²) in [6.45, 7) is 22.2. The Kier molecular flexibility index (Phi) is 5.51. The number of rotatable bonds is 5. The highest BCUT2D eigenvalue weighted by atomic mass is 32.1. The maximum atomic E-state index is 6.11. The van der Waals surface area contributed by atoms with Crippen molar-refractivity contribution < 1.29 is 4.42 Å². The van der Waals surface area contributed by atoms with Gasteiger partial charge in [-0.3, -0.25) is 0 Å². The predicted octanol–water partition coefficient (Wildman–Crippen LogP) is 6.76. The van der Waals surface area contributed by atoms with E-state index in [1.807, 2.05) is 17.5 Å². The Labute approximate surface area is 163 Å². The lowest BCUT2D eigenvalue weighted by Gasteiger charge is -2.28. The number of nitrogens with zero attached hydrogens (tertiary/aromatic N) is 2. The Morgan fingerprint density at radius 2 is 1.35 bits per heavy atom. The number of oxazole rings is 1. The second-order valence-electron chi connectivity index (χ2n) is 10.8. The van der Waals surface area contributed by atoms with Crippen LogP contribution in [0.3, 0.4) is 0 Å². The van der Waals surface area contributed by atoms with Gasteiger partial charge in [-0.15, -0.1) is 11.3 Å². The van der Waals surface area contributed by atoms with Gasteiger partial charge in [0.15, 0.2) is 5.89 Å². The molecule has 2 rings (SSSR count). The van der Waals surface area contributed by atoms with Gasteiger partial charge in [-0.1, -0.05) is 69.2 Å². The minimum absolute atomic E-state index is 0.0438. The van der Waals surface area contributed by atoms with Gasteiger partial charge in [-0.25, -0.2) is 9.97 Å². The van der Waals surface area contributed by atoms with E-state index in [-0.39, 0.29) is 21.7 Å². The Hall–Kier alpha value is -1.16. The lowest BCUT2D eigenvalue weighted by Crippen LogP contribution is -2.24. The summed E-state index contributed by atoms with van der Waals surface area (Å²) in [5, 5.41) is 1.23. The van der Waals surface area contributed by atoms with Crippen LogP contribution in [-0.2, 0) is 21.7 Å². The molecule has 0 aromatic carbocycles. The molecule has 0 saturated carbocycles. The first kappa shape index (κ1) is 21.1. The van der Waals surface area contributed by atoms with E-state index < -0.39 is 0 Å². The molecule has 0 aliphatic heterocycles. The Bertz CT molecular complexity index is 675. The summed E-state index contributed by atoms with van der Waals surface area (Å²) in [4.78, 5) is 10.6. The van der Waals surface area contributed by atoms with Crippen LogP contribution in [0.25, 0.3) is 0 Å². The van der Waals surface area contributed by atoms with Crippen molar-refractivity contribution in [3.63, 3.8) is 0 Å². The number of aromatic nitrogens is 2. The fourth-order valence-electron chi connectivity index (χ4n) is 2.72. The second-order valence-corrected chi connectivity index (χ2v) is 11.9. The largest absolute Gasteiger partial charge is 0.445 e. The minimum Gasteiger partial charge on any atom is -0.445 e. The molecule has 0 aliphatic carbocycles. The highest BCUT2D eigenvalue weighted by Gasteiger charge is 2.33. The molecule has 3 nitrogen and oxygen atoms in total. The molecule has 26 heavy (non-hydrogen) atoms. The van der Waals surface area contributed by atoms with Crippen molar-refractivity contribution in [1.82, 2.24) is 9.97 Å². The molecule has 0 amide bonds. The topological polar surface area (TPSA) is 38.9 Å². The van der Waals surface area contributed by atoms with Gasteiger partial charge in [0.05, 0.1) is 11.2 Å². The summed E-state index contributed by atoms with van der Waals surface area (Å²) in [6, 6.07) is 0. The summed E-state index contributed by atoms with van der Waals surface area (Å²) >= 11 is 1.85. The van der Waals surface area contributed by atoms with Crippen molar-refractivity contribution >= 4 is 11.3 Å². The summed E-state index contributed by atoms with van der Waals surface area (Å²) in [5.41, 5.74) is 0.114. The lowest BCUT2D eigenvalue weighted by atomic mass is 9.78. The number of hydrogen-bond acceptors (Lipinski definition) is 4. The van der Waals surface area contributed by atoms with E-state index in [0.29, 0.717) is 0 Å². The molecular formula is C22H36N2OS. The fourth-order valence-corrected chi connectivity index (χ4v) is 3.83. The van der Waals surface area contributed by atoms with Crippen LogP contribution in [0.15, 0.2) is 16.8 Å². The van der Waals surface area contributed by atoms with E-state index >= 15 is 0 Å². The molecule has 4 heteroatoms. The second kappa shape index (κ2) is 6.78. The van der Waals surface area contributed by atoms with Crippen LogP contribution in [0.4, 0.5) is 0 Å². The van der Waals surface area contributed by atoms with Crippen LogP contribution in [0.2, 0.25) is 0 Å². The van der Waals surface area contributed by atoms with Gasteiger partial charge in [-0.05, 0) is 18.3 Å². The van der Waals surface area contributed by atoms with Crippen LogP contribution in [0, 0.1) is 0 Å². The average Bonchev–Trinajstić information content (AvgIpc) is 3.13. The van der Waals surface area contributed by atoms with Crippen molar-refractivity contribution in [2.24, 2.45) is 0 Å². The average molecular weight is 377 g/mol. The Morgan fingerprint density at radius 3 is 1.81 bits per heavy atom. The zero-order chi connectivity index (χ0) is 20.0. The molecule has 0 bridgehead atoms. The van der Waals surface area contributed by atoms with E-state index in [0.717, 1.165) is 24.5 Å². The fraction of sp³-hybridized carbons (Fsp3) is 0.727. The number of thiazole rings is 1. The van der Waals surface area contributed by atoms with E-state index in [9.17, 15) is 0 Å². The quantitative estimate of drug-likeness (QED) is 0.578. The van der Waals surface area contributed by atoms with Crippen LogP contribution in [-0.4, -0.2) is 9.97 Å². The number of hydrogen-bond donors (Lipinski definition) is 0. The molecule has 0 aliphatic rings. The van der Waals surface area contributed by atoms with E-state index in [4.69, 9.17) is 9.40 Å². The third-order valence-corrected chi connectivity index (χ3v) is 6.80. The highest BCUT2D eigenvalue weighted by Crippen LogP contribution is 2.40. The molecule has 0 saturated heterocycles. The monoisotopic (exact) mass is 376 g/mol. The molecule has 2 aromatic rings. The Morgan fingerprint density at radius 1 is 0.769 bits per heavy atom. The molecule has 0 atom stereocenters. The first-order valence-electron chi connectivity index (χ1n) is 9.56. The molecule has 0 unspecified atom stereocenters. The molecule has 0 radical (unpaired) electrons. The smallest absolute Gasteiger partial charge is 0.199 e. The third kappa shape index (κ3) is 4.76. The minimum atomic E-state index is -0.0577. The SMILES string of the molecule is CC(C)(C)c1ncc(C(C)(C)CCC(C)(C)c2ncc(C(C)(C)C)s2)o1. The zero-order valence-corrected chi connectivity index (χ0v) is 19.1. The van der Waals surface area contributed by atoms with Crippen molar-refractivity contribution in [2.45, 2.75) is 104 Å². The molecule has 146 valence electrons. The third-order valence-electron chi connectivity index (χ3n) is 5.01. The van der Waals surface area contributed by atoms with E-state index in [1.54, 1.807) is 0 Å². The molecule has 0 spiro atoms. The standard InChI is InChI=1S/C22H36N2OS/c1-19(2,3)16-14-24-18(26-16)22(9,10)12-11-21(7,8)15-13-23-17(25-15)20(4,5)6/h13-14H,11-12H2,1-10H3. The summed E-state index contributed by atoms with van der Waals surface area (Å²) in [7, 11) is 0. The maximum absolute atomic E-state index is 6.11. The van der Waals surface area contributed by atoms with E-state index in [1.165, 1.54) is 9.88 Å². The van der Waals surface area contributed by atoms with Gasteiger partial charge in [-0.2, -0.15) is 0 Å². The highest BCUT2D eigenvalue weighted by molar-refractivity contribution is 7.11. The van der Waals surface area contributed by atoms with Gasteiger partial charge >= 0.3 is 0 Å². The first-order valence-corrected chi connectivity index (χ1v) is 10.4. The molecular weight excluding hydrogens is 340 g/mol. The first-order chi connectivity index (χ1) is 11.6. The van der Waals surface area contributed by atoms with Gasteiger partial charge in [0.25, 0.3) is 0 Å². The van der Waals surface area contributed by atoms with Crippen molar-refractivity contribution in [2.75, 3.05) is 0 Å². The predicted molar refractivity (Wildman–Crippen MR) is 111 cm³/mol. The van der Waals surface area contributed by atoms with Crippen molar-refractivity contribution in [3.8, 4) is 0 Å². The van der Waals surface area contributed by atoms with Crippen molar-refractivity contribution in [3.05, 3.63) is 33.9 Å². The zero-order valence-electron chi connectivity index (χ0n) is 18.3. The van der Waals surface area contributed by atoms with Gasteiger partial charge < -0.3 is 4.42 Å². The van der Waals surface area contributed by atoms with Crippen LogP contribution < -0.4 is 0 Å². The molecule has 2 heterocycles.